The average Bonchev–Trinajstić information content (AvgIpc) is 2.78. The summed E-state index contributed by atoms with van der Waals surface area (Å²) in [6, 6.07) is 9.71. The number of para-hydroxylation sites is 1. The molecule has 0 spiro atoms. The summed E-state index contributed by atoms with van der Waals surface area (Å²) in [5, 5.41) is 17.5. The van der Waals surface area contributed by atoms with Gasteiger partial charge in [0.1, 0.15) is 12.4 Å². The van der Waals surface area contributed by atoms with Crippen molar-refractivity contribution in [2.45, 2.75) is 32.1 Å². The zero-order valence-electron chi connectivity index (χ0n) is 18.2. The van der Waals surface area contributed by atoms with E-state index >= 15 is 0 Å². The SMILES string of the molecule is OCCOCCC[C@H](CCCOCCOCCOc1ccccc1)CCOCCO. The number of rotatable bonds is 22. The maximum atomic E-state index is 8.80. The van der Waals surface area contributed by atoms with E-state index in [0.717, 1.165) is 44.5 Å². The normalized spacial score (nSPS) is 12.2. The summed E-state index contributed by atoms with van der Waals surface area (Å²) in [7, 11) is 0. The van der Waals surface area contributed by atoms with Gasteiger partial charge in [-0.2, -0.15) is 0 Å². The van der Waals surface area contributed by atoms with Crippen molar-refractivity contribution < 1.29 is 33.9 Å². The number of aliphatic hydroxyl groups is 2. The molecule has 0 bridgehead atoms. The molecular weight excluding hydrogens is 388 g/mol. The molecule has 1 atom stereocenters. The van der Waals surface area contributed by atoms with Crippen LogP contribution in [0.1, 0.15) is 32.1 Å². The fourth-order valence-corrected chi connectivity index (χ4v) is 3.02. The molecule has 0 unspecified atom stereocenters. The van der Waals surface area contributed by atoms with Gasteiger partial charge in [-0.15, -0.1) is 0 Å². The summed E-state index contributed by atoms with van der Waals surface area (Å²) in [4.78, 5) is 0. The first kappa shape index (κ1) is 26.8. The molecule has 174 valence electrons. The van der Waals surface area contributed by atoms with Crippen LogP contribution in [0.5, 0.6) is 5.75 Å². The Morgan fingerprint density at radius 2 is 1.10 bits per heavy atom. The zero-order valence-corrected chi connectivity index (χ0v) is 18.2. The van der Waals surface area contributed by atoms with Crippen LogP contribution in [0.25, 0.3) is 0 Å². The van der Waals surface area contributed by atoms with Gasteiger partial charge in [-0.05, 0) is 50.2 Å². The Morgan fingerprint density at radius 1 is 0.567 bits per heavy atom. The Balaban J connectivity index is 1.98. The second-order valence-corrected chi connectivity index (χ2v) is 7.00. The van der Waals surface area contributed by atoms with E-state index in [9.17, 15) is 0 Å². The van der Waals surface area contributed by atoms with Crippen LogP contribution < -0.4 is 4.74 Å². The van der Waals surface area contributed by atoms with E-state index in [4.69, 9.17) is 33.9 Å². The highest BCUT2D eigenvalue weighted by Gasteiger charge is 2.09. The van der Waals surface area contributed by atoms with Gasteiger partial charge in [-0.3, -0.25) is 0 Å². The number of hydrogen-bond donors (Lipinski definition) is 2. The van der Waals surface area contributed by atoms with Gasteiger partial charge < -0.3 is 33.9 Å². The second kappa shape index (κ2) is 21.0. The van der Waals surface area contributed by atoms with Crippen molar-refractivity contribution in [1.29, 1.82) is 0 Å². The minimum absolute atomic E-state index is 0.0635. The Hall–Kier alpha value is -1.22. The van der Waals surface area contributed by atoms with Gasteiger partial charge in [0.25, 0.3) is 0 Å². The molecule has 0 aliphatic heterocycles. The van der Waals surface area contributed by atoms with Crippen LogP contribution in [-0.4, -0.2) is 82.9 Å². The summed E-state index contributed by atoms with van der Waals surface area (Å²) >= 11 is 0. The molecule has 1 rings (SSSR count). The Labute approximate surface area is 181 Å². The van der Waals surface area contributed by atoms with Crippen LogP contribution in [0.2, 0.25) is 0 Å². The average molecular weight is 429 g/mol. The predicted octanol–water partition coefficient (Wildman–Crippen LogP) is 2.68. The molecular formula is C23H40O7. The van der Waals surface area contributed by atoms with Crippen molar-refractivity contribution in [2.75, 3.05) is 72.7 Å². The van der Waals surface area contributed by atoms with Crippen molar-refractivity contribution >= 4 is 0 Å². The van der Waals surface area contributed by atoms with E-state index in [-0.39, 0.29) is 13.2 Å². The number of hydrogen-bond acceptors (Lipinski definition) is 7. The van der Waals surface area contributed by atoms with Gasteiger partial charge in [-0.1, -0.05) is 18.2 Å². The van der Waals surface area contributed by atoms with Crippen LogP contribution in [0.4, 0.5) is 0 Å². The summed E-state index contributed by atoms with van der Waals surface area (Å²) in [6.45, 7) is 5.23. The van der Waals surface area contributed by atoms with Crippen molar-refractivity contribution in [3.63, 3.8) is 0 Å². The minimum Gasteiger partial charge on any atom is -0.491 e. The Morgan fingerprint density at radius 3 is 1.73 bits per heavy atom. The number of ether oxygens (including phenoxy) is 5. The first-order chi connectivity index (χ1) is 14.9. The molecule has 7 heteroatoms. The lowest BCUT2D eigenvalue weighted by molar-refractivity contribution is 0.0333. The van der Waals surface area contributed by atoms with Gasteiger partial charge in [0.15, 0.2) is 0 Å². The monoisotopic (exact) mass is 428 g/mol. The highest BCUT2D eigenvalue weighted by Crippen LogP contribution is 2.18. The highest BCUT2D eigenvalue weighted by molar-refractivity contribution is 5.20. The topological polar surface area (TPSA) is 86.6 Å². The Kier molecular flexibility index (Phi) is 18.8. The van der Waals surface area contributed by atoms with Crippen LogP contribution in [0.15, 0.2) is 30.3 Å². The molecule has 0 aliphatic carbocycles. The molecule has 0 aromatic heterocycles. The van der Waals surface area contributed by atoms with E-state index in [1.807, 2.05) is 30.3 Å². The lowest BCUT2D eigenvalue weighted by Crippen LogP contribution is -2.12. The van der Waals surface area contributed by atoms with Crippen LogP contribution in [0, 0.1) is 5.92 Å². The Bertz CT molecular complexity index is 458. The smallest absolute Gasteiger partial charge is 0.119 e. The number of benzene rings is 1. The van der Waals surface area contributed by atoms with Gasteiger partial charge in [0.2, 0.25) is 0 Å². The highest BCUT2D eigenvalue weighted by atomic mass is 16.5. The molecule has 1 aromatic rings. The van der Waals surface area contributed by atoms with Gasteiger partial charge in [-0.25, -0.2) is 0 Å². The van der Waals surface area contributed by atoms with Gasteiger partial charge in [0.05, 0.1) is 46.2 Å². The van der Waals surface area contributed by atoms with Crippen molar-refractivity contribution in [1.82, 2.24) is 0 Å². The molecule has 0 heterocycles. The largest absolute Gasteiger partial charge is 0.491 e. The maximum Gasteiger partial charge on any atom is 0.119 e. The van der Waals surface area contributed by atoms with E-state index in [0.29, 0.717) is 58.8 Å². The zero-order chi connectivity index (χ0) is 21.5. The lowest BCUT2D eigenvalue weighted by atomic mass is 9.95. The van der Waals surface area contributed by atoms with E-state index in [1.165, 1.54) is 0 Å². The number of aliphatic hydroxyl groups excluding tert-OH is 2. The van der Waals surface area contributed by atoms with Crippen molar-refractivity contribution in [3.05, 3.63) is 30.3 Å². The third-order valence-electron chi connectivity index (χ3n) is 4.56. The summed E-state index contributed by atoms with van der Waals surface area (Å²) < 4.78 is 27.5. The lowest BCUT2D eigenvalue weighted by Gasteiger charge is -2.17. The molecule has 0 aliphatic rings. The summed E-state index contributed by atoms with van der Waals surface area (Å²) in [6.07, 6.45) is 5.10. The summed E-state index contributed by atoms with van der Waals surface area (Å²) in [5.41, 5.74) is 0. The van der Waals surface area contributed by atoms with Gasteiger partial charge in [0, 0.05) is 19.8 Å². The molecule has 1 aromatic carbocycles. The third-order valence-corrected chi connectivity index (χ3v) is 4.56. The van der Waals surface area contributed by atoms with Gasteiger partial charge >= 0.3 is 0 Å². The first-order valence-electron chi connectivity index (χ1n) is 11.1. The molecule has 0 amide bonds. The molecule has 7 nitrogen and oxygen atoms in total. The molecule has 0 radical (unpaired) electrons. The second-order valence-electron chi connectivity index (χ2n) is 7.00. The molecule has 0 saturated heterocycles. The van der Waals surface area contributed by atoms with E-state index in [1.54, 1.807) is 0 Å². The molecule has 0 fully saturated rings. The third kappa shape index (κ3) is 16.6. The summed E-state index contributed by atoms with van der Waals surface area (Å²) in [5.74, 6) is 1.41. The van der Waals surface area contributed by atoms with Crippen LogP contribution in [-0.2, 0) is 18.9 Å². The van der Waals surface area contributed by atoms with E-state index in [2.05, 4.69) is 0 Å². The van der Waals surface area contributed by atoms with Crippen LogP contribution >= 0.6 is 0 Å². The van der Waals surface area contributed by atoms with Crippen LogP contribution in [0.3, 0.4) is 0 Å². The maximum absolute atomic E-state index is 8.80. The fourth-order valence-electron chi connectivity index (χ4n) is 3.02. The quantitative estimate of drug-likeness (QED) is 0.275. The fraction of sp³-hybridized carbons (Fsp3) is 0.739. The predicted molar refractivity (Wildman–Crippen MR) is 116 cm³/mol. The standard InChI is InChI=1S/C23H40O7/c24-11-16-26-13-4-6-22(10-15-28-17-12-25)7-5-14-27-18-19-29-20-21-30-23-8-2-1-3-9-23/h1-3,8-9,22,24-25H,4-7,10-21H2/t22-/m1/s1. The minimum atomic E-state index is 0.0635. The first-order valence-corrected chi connectivity index (χ1v) is 11.1. The molecule has 0 saturated carbocycles. The van der Waals surface area contributed by atoms with Crippen molar-refractivity contribution in [3.8, 4) is 5.75 Å². The molecule has 30 heavy (non-hydrogen) atoms. The van der Waals surface area contributed by atoms with E-state index < -0.39 is 0 Å². The molecule has 2 N–H and O–H groups in total. The van der Waals surface area contributed by atoms with Crippen molar-refractivity contribution in [2.24, 2.45) is 5.92 Å².